The first-order valence-electron chi connectivity index (χ1n) is 6.66. The number of fused-ring (bicyclic) bond motifs is 10. The van der Waals surface area contributed by atoms with Gasteiger partial charge in [0.15, 0.2) is 0 Å². The van der Waals surface area contributed by atoms with Gasteiger partial charge in [-0.05, 0) is 0 Å². The predicted molar refractivity (Wildman–Crippen MR) is 48.5 cm³/mol. The Hall–Kier alpha value is 0.269. The van der Waals surface area contributed by atoms with Crippen LogP contribution in [-0.2, 0) is 6.51 Å². The van der Waals surface area contributed by atoms with E-state index in [1.807, 2.05) is 0 Å². The van der Waals surface area contributed by atoms with Crippen LogP contribution < -0.4 is 0 Å². The molecule has 10 aliphatic rings. The average molecular weight is 284 g/mol. The molecule has 0 aromatic heterocycles. The molecule has 0 saturated carbocycles. The van der Waals surface area contributed by atoms with Crippen LogP contribution in [0.3, 0.4) is 0 Å². The van der Waals surface area contributed by atoms with E-state index in [4.69, 9.17) is 0 Å². The van der Waals surface area contributed by atoms with Gasteiger partial charge in [0.2, 0.25) is 0 Å². The van der Waals surface area contributed by atoms with Gasteiger partial charge in [-0.25, -0.2) is 0 Å². The van der Waals surface area contributed by atoms with Gasteiger partial charge in [0, 0.05) is 0 Å². The van der Waals surface area contributed by atoms with E-state index in [0.717, 1.165) is 33.7 Å². The van der Waals surface area contributed by atoms with Crippen LogP contribution in [-0.4, -0.2) is 17.4 Å². The van der Waals surface area contributed by atoms with Gasteiger partial charge >= 0.3 is 84.7 Å². The van der Waals surface area contributed by atoms with Crippen molar-refractivity contribution >= 4 is 0 Å². The molecule has 10 saturated heterocycles. The molecule has 0 aliphatic carbocycles. The van der Waals surface area contributed by atoms with Crippen molar-refractivity contribution in [3.8, 4) is 0 Å². The standard InChI is InChI=1S/C7H6F3O.C5H5.Fe/c8-7(9,10)6(11)5-3-1-2-4-5;1-2-4-5-3-1;/h1-4,6,11H;1-5H;/t6-;;/m1../s1. The number of rotatable bonds is 1. The Labute approximate surface area is 85.0 Å². The van der Waals surface area contributed by atoms with Gasteiger partial charge in [-0.15, -0.1) is 0 Å². The molecule has 5 heteroatoms. The maximum atomic E-state index is 13.1. The molecule has 0 aromatic carbocycles. The van der Waals surface area contributed by atoms with Gasteiger partial charge < -0.3 is 0 Å². The summed E-state index contributed by atoms with van der Waals surface area (Å²) in [5.74, 6) is 0. The molecule has 0 radical (unpaired) electrons. The maximum absolute atomic E-state index is 13.1. The van der Waals surface area contributed by atoms with Crippen molar-refractivity contribution < 1.29 is 24.8 Å². The monoisotopic (exact) mass is 284 g/mol. The molecule has 10 fully saturated rings. The summed E-state index contributed by atoms with van der Waals surface area (Å²) < 4.78 is 38.9. The Morgan fingerprint density at radius 3 is 1.47 bits per heavy atom. The summed E-state index contributed by atoms with van der Waals surface area (Å²) in [4.78, 5) is 7.09. The number of hydrogen-bond acceptors (Lipinski definition) is 1. The SMILES string of the molecule is O[C@@H](C(F)(F)F)[C]12[CH]3[CH]4[CH]5[CH]1[Fe]45321678[CH]2[CH]1[CH]6[CH]7[CH]28. The Morgan fingerprint density at radius 2 is 1.29 bits per heavy atom. The third-order valence-corrected chi connectivity index (χ3v) is 58.1. The molecule has 1 N–H and O–H groups in total. The average Bonchev–Trinajstić information content (AvgIpc) is 3.20. The number of halogens is 3. The molecule has 0 amide bonds. The zero-order valence-corrected chi connectivity index (χ0v) is 9.81. The van der Waals surface area contributed by atoms with Crippen LogP contribution in [0.15, 0.2) is 0 Å². The summed E-state index contributed by atoms with van der Waals surface area (Å²) in [6.07, 6.45) is -6.23. The third kappa shape index (κ3) is 0.0653. The number of aliphatic hydroxyl groups is 1. The van der Waals surface area contributed by atoms with Gasteiger partial charge in [0.25, 0.3) is 0 Å². The van der Waals surface area contributed by atoms with E-state index in [0.29, 0.717) is 9.63 Å². The number of aliphatic hydroxyl groups excluding tert-OH is 1. The molecule has 17 heavy (non-hydrogen) atoms. The van der Waals surface area contributed by atoms with Crippen LogP contribution in [0, 0.1) is 0 Å². The Kier molecular flexibility index (Phi) is 0.194. The van der Waals surface area contributed by atoms with Crippen molar-refractivity contribution in [3.05, 3.63) is 0 Å². The summed E-state index contributed by atoms with van der Waals surface area (Å²) in [7, 11) is 0. The van der Waals surface area contributed by atoms with Crippen LogP contribution in [0.4, 0.5) is 13.2 Å². The van der Waals surface area contributed by atoms with Crippen LogP contribution in [0.5, 0.6) is 0 Å². The number of hydrogen-bond donors (Lipinski definition) is 1. The van der Waals surface area contributed by atoms with Gasteiger partial charge in [0.1, 0.15) is 0 Å². The van der Waals surface area contributed by atoms with Crippen LogP contribution in [0.25, 0.3) is 0 Å². The van der Waals surface area contributed by atoms with Gasteiger partial charge in [0.05, 0.1) is 0 Å². The predicted octanol–water partition coefficient (Wildman–Crippen LogP) is 3.67. The van der Waals surface area contributed by atoms with Crippen molar-refractivity contribution in [1.82, 2.24) is 0 Å². The zero-order chi connectivity index (χ0) is 11.1. The molecule has 1 spiro atoms. The van der Waals surface area contributed by atoms with E-state index in [2.05, 4.69) is 0 Å². The van der Waals surface area contributed by atoms with E-state index < -0.39 is 23.1 Å². The van der Waals surface area contributed by atoms with Crippen molar-refractivity contribution in [2.24, 2.45) is 0 Å². The van der Waals surface area contributed by atoms with E-state index >= 15 is 0 Å². The van der Waals surface area contributed by atoms with Gasteiger partial charge in [-0.1, -0.05) is 0 Å². The minimum atomic E-state index is -4.34. The second-order valence-corrected chi connectivity index (χ2v) is 34.3. The van der Waals surface area contributed by atoms with E-state index in [1.54, 1.807) is 0 Å². The van der Waals surface area contributed by atoms with Gasteiger partial charge in [-0.2, -0.15) is 0 Å². The Balaban J connectivity index is 1.59. The normalized spacial score (nSPS) is 122. The molecule has 0 aromatic rings. The van der Waals surface area contributed by atoms with E-state index in [1.165, 1.54) is 0 Å². The number of alkyl halides is 3. The van der Waals surface area contributed by atoms with Crippen molar-refractivity contribution in [3.63, 3.8) is 0 Å². The first-order valence-corrected chi connectivity index (χ1v) is 13.0. The topological polar surface area (TPSA) is 20.2 Å². The fraction of sp³-hybridized carbons (Fsp3) is 1.00. The third-order valence-electron chi connectivity index (χ3n) is 15.5. The van der Waals surface area contributed by atoms with Crippen LogP contribution in [0.2, 0.25) is 47.7 Å². The second-order valence-electron chi connectivity index (χ2n) is 10.7. The van der Waals surface area contributed by atoms with E-state index in [-0.39, 0.29) is 0 Å². The Bertz CT molecular complexity index is 897. The zero-order valence-electron chi connectivity index (χ0n) is 8.71. The molecule has 0 bridgehead atoms. The molecule has 10 aliphatic heterocycles. The molecular weight excluding hydrogens is 273 g/mol. The van der Waals surface area contributed by atoms with Crippen molar-refractivity contribution in [1.29, 1.82) is 0 Å². The second kappa shape index (κ2) is 0.498. The summed E-state index contributed by atoms with van der Waals surface area (Å²) in [6.45, 7) is -3.72. The molecule has 5 atom stereocenters. The fourth-order valence-electron chi connectivity index (χ4n) is 17.4. The quantitative estimate of drug-likeness (QED) is 0.728. The summed E-state index contributed by atoms with van der Waals surface area (Å²) in [5.41, 5.74) is 0. The Morgan fingerprint density at radius 1 is 0.882 bits per heavy atom. The fourth-order valence-corrected chi connectivity index (χ4v) is 92.0. The molecular formula is C12H11F3FeO. The summed E-state index contributed by atoms with van der Waals surface area (Å²) in [5, 5.41) is 10.1. The first kappa shape index (κ1) is 6.62. The molecule has 1 nitrogen and oxygen atoms in total. The van der Waals surface area contributed by atoms with Crippen molar-refractivity contribution in [2.75, 3.05) is 0 Å². The molecule has 10 rings (SSSR count). The minimum absolute atomic E-state index is 0.433. The summed E-state index contributed by atoms with van der Waals surface area (Å²) in [6, 6.07) is 0. The molecule has 94 valence electrons. The first-order chi connectivity index (χ1) is 7.70. The van der Waals surface area contributed by atoms with Gasteiger partial charge in [-0.3, -0.25) is 0 Å². The van der Waals surface area contributed by atoms with Crippen LogP contribution >= 0.6 is 0 Å². The van der Waals surface area contributed by atoms with Crippen LogP contribution in [0.1, 0.15) is 0 Å². The van der Waals surface area contributed by atoms with Crippen molar-refractivity contribution in [2.45, 2.75) is 59.9 Å². The van der Waals surface area contributed by atoms with E-state index in [9.17, 15) is 18.3 Å². The summed E-state index contributed by atoms with van der Waals surface area (Å²) >= 11 is 0. The molecule has 10 heterocycles. The molecule has 4 unspecified atom stereocenters.